The molecule has 2 fully saturated rings. The molecule has 0 aromatic rings. The Morgan fingerprint density at radius 3 is 2.88 bits per heavy atom. The molecule has 1 saturated heterocycles. The first kappa shape index (κ1) is 13.3. The van der Waals surface area contributed by atoms with Crippen molar-refractivity contribution in [2.75, 3.05) is 33.3 Å². The van der Waals surface area contributed by atoms with E-state index in [0.29, 0.717) is 12.1 Å². The van der Waals surface area contributed by atoms with Crippen LogP contribution in [0.1, 0.15) is 39.0 Å². The fourth-order valence-corrected chi connectivity index (χ4v) is 3.24. The molecule has 2 aliphatic rings. The molecule has 3 heteroatoms. The van der Waals surface area contributed by atoms with Crippen molar-refractivity contribution < 1.29 is 4.74 Å². The van der Waals surface area contributed by atoms with Crippen LogP contribution < -0.4 is 5.32 Å². The second-order valence-electron chi connectivity index (χ2n) is 5.68. The zero-order chi connectivity index (χ0) is 12.1. The lowest BCUT2D eigenvalue weighted by Crippen LogP contribution is -2.39. The van der Waals surface area contributed by atoms with E-state index in [1.165, 1.54) is 58.3 Å². The van der Waals surface area contributed by atoms with Crippen LogP contribution in [-0.4, -0.2) is 50.3 Å². The van der Waals surface area contributed by atoms with Gasteiger partial charge in [0.1, 0.15) is 0 Å². The van der Waals surface area contributed by atoms with Crippen molar-refractivity contribution in [3.63, 3.8) is 0 Å². The number of nitrogens with one attached hydrogen (secondary N) is 1. The van der Waals surface area contributed by atoms with E-state index in [0.717, 1.165) is 5.92 Å². The Morgan fingerprint density at radius 1 is 1.29 bits per heavy atom. The summed E-state index contributed by atoms with van der Waals surface area (Å²) in [5.41, 5.74) is 0. The third-order valence-electron chi connectivity index (χ3n) is 4.47. The number of nitrogens with zero attached hydrogens (tertiary/aromatic N) is 1. The Hall–Kier alpha value is -0.120. The number of methoxy groups -OCH3 is 1. The molecule has 2 rings (SSSR count). The van der Waals surface area contributed by atoms with Gasteiger partial charge in [-0.2, -0.15) is 0 Å². The van der Waals surface area contributed by atoms with Crippen LogP contribution in [0.3, 0.4) is 0 Å². The van der Waals surface area contributed by atoms with Gasteiger partial charge in [-0.15, -0.1) is 0 Å². The monoisotopic (exact) mass is 240 g/mol. The Morgan fingerprint density at radius 2 is 2.18 bits per heavy atom. The molecule has 3 atom stereocenters. The highest BCUT2D eigenvalue weighted by molar-refractivity contribution is 4.82. The number of hydrogen-bond acceptors (Lipinski definition) is 3. The third-order valence-corrected chi connectivity index (χ3v) is 4.47. The lowest BCUT2D eigenvalue weighted by Gasteiger charge is -2.29. The van der Waals surface area contributed by atoms with Crippen LogP contribution in [-0.2, 0) is 4.74 Å². The van der Waals surface area contributed by atoms with E-state index in [4.69, 9.17) is 4.74 Å². The molecule has 17 heavy (non-hydrogen) atoms. The summed E-state index contributed by atoms with van der Waals surface area (Å²) < 4.78 is 5.48. The normalized spacial score (nSPS) is 35.3. The van der Waals surface area contributed by atoms with E-state index in [9.17, 15) is 0 Å². The number of rotatable bonds is 5. The molecule has 1 N–H and O–H groups in total. The maximum atomic E-state index is 5.48. The fourth-order valence-electron chi connectivity index (χ4n) is 3.24. The smallest absolute Gasteiger partial charge is 0.0586 e. The van der Waals surface area contributed by atoms with Crippen molar-refractivity contribution in [2.24, 2.45) is 5.92 Å². The second kappa shape index (κ2) is 6.72. The lowest BCUT2D eigenvalue weighted by molar-refractivity contribution is 0.0583. The van der Waals surface area contributed by atoms with E-state index < -0.39 is 0 Å². The van der Waals surface area contributed by atoms with E-state index in [1.807, 2.05) is 7.11 Å². The van der Waals surface area contributed by atoms with Crippen molar-refractivity contribution in [3.8, 4) is 0 Å². The molecule has 0 spiro atoms. The Labute approximate surface area is 106 Å². The molecule has 0 radical (unpaired) electrons. The van der Waals surface area contributed by atoms with Gasteiger partial charge in [0.2, 0.25) is 0 Å². The van der Waals surface area contributed by atoms with E-state index in [-0.39, 0.29) is 0 Å². The fraction of sp³-hybridized carbons (Fsp3) is 1.00. The highest BCUT2D eigenvalue weighted by atomic mass is 16.5. The lowest BCUT2D eigenvalue weighted by atomic mass is 9.92. The van der Waals surface area contributed by atoms with Crippen molar-refractivity contribution in [1.29, 1.82) is 0 Å². The molecule has 100 valence electrons. The van der Waals surface area contributed by atoms with Crippen LogP contribution >= 0.6 is 0 Å². The number of hydrogen-bond donors (Lipinski definition) is 1. The quantitative estimate of drug-likeness (QED) is 0.794. The van der Waals surface area contributed by atoms with Gasteiger partial charge in [0.15, 0.2) is 0 Å². The molecule has 1 saturated carbocycles. The predicted molar refractivity (Wildman–Crippen MR) is 71.3 cm³/mol. The van der Waals surface area contributed by atoms with Crippen molar-refractivity contribution in [2.45, 2.75) is 51.2 Å². The summed E-state index contributed by atoms with van der Waals surface area (Å²) in [6, 6.07) is 0.698. The SMILES string of the molecule is CCN1CCC(CNC2CCCC(OC)C2)C1. The first-order valence-electron chi connectivity index (χ1n) is 7.30. The van der Waals surface area contributed by atoms with Gasteiger partial charge in [-0.3, -0.25) is 0 Å². The molecule has 1 heterocycles. The number of ether oxygens (including phenoxy) is 1. The standard InChI is InChI=1S/C14H28N2O/c1-3-16-8-7-12(11-16)10-15-13-5-4-6-14(9-13)17-2/h12-15H,3-11H2,1-2H3. The molecule has 1 aliphatic heterocycles. The van der Waals surface area contributed by atoms with Crippen LogP contribution in [0.5, 0.6) is 0 Å². The van der Waals surface area contributed by atoms with Gasteiger partial charge >= 0.3 is 0 Å². The van der Waals surface area contributed by atoms with Gasteiger partial charge in [0, 0.05) is 19.7 Å². The van der Waals surface area contributed by atoms with Gasteiger partial charge in [-0.25, -0.2) is 0 Å². The second-order valence-corrected chi connectivity index (χ2v) is 5.68. The summed E-state index contributed by atoms with van der Waals surface area (Å²) in [7, 11) is 1.85. The first-order valence-corrected chi connectivity index (χ1v) is 7.30. The van der Waals surface area contributed by atoms with Crippen LogP contribution in [0.25, 0.3) is 0 Å². The Balaban J connectivity index is 1.64. The summed E-state index contributed by atoms with van der Waals surface area (Å²) >= 11 is 0. The number of likely N-dealkylation sites (tertiary alicyclic amines) is 1. The summed E-state index contributed by atoms with van der Waals surface area (Å²) in [5, 5.41) is 3.77. The summed E-state index contributed by atoms with van der Waals surface area (Å²) in [6.45, 7) is 7.28. The molecule has 3 unspecified atom stereocenters. The van der Waals surface area contributed by atoms with Crippen LogP contribution in [0.4, 0.5) is 0 Å². The van der Waals surface area contributed by atoms with E-state index in [2.05, 4.69) is 17.1 Å². The van der Waals surface area contributed by atoms with Crippen LogP contribution in [0.15, 0.2) is 0 Å². The van der Waals surface area contributed by atoms with E-state index in [1.54, 1.807) is 0 Å². The highest BCUT2D eigenvalue weighted by Crippen LogP contribution is 2.21. The summed E-state index contributed by atoms with van der Waals surface area (Å²) in [5.74, 6) is 0.873. The zero-order valence-corrected chi connectivity index (χ0v) is 11.5. The average molecular weight is 240 g/mol. The highest BCUT2D eigenvalue weighted by Gasteiger charge is 2.24. The minimum Gasteiger partial charge on any atom is -0.381 e. The predicted octanol–water partition coefficient (Wildman–Crippen LogP) is 1.88. The first-order chi connectivity index (χ1) is 8.31. The van der Waals surface area contributed by atoms with Gasteiger partial charge in [-0.1, -0.05) is 6.92 Å². The van der Waals surface area contributed by atoms with Crippen molar-refractivity contribution in [1.82, 2.24) is 10.2 Å². The molecule has 1 aliphatic carbocycles. The molecular weight excluding hydrogens is 212 g/mol. The topological polar surface area (TPSA) is 24.5 Å². The molecule has 3 nitrogen and oxygen atoms in total. The van der Waals surface area contributed by atoms with Crippen molar-refractivity contribution in [3.05, 3.63) is 0 Å². The van der Waals surface area contributed by atoms with Crippen LogP contribution in [0.2, 0.25) is 0 Å². The molecule has 0 aromatic carbocycles. The minimum absolute atomic E-state index is 0.497. The van der Waals surface area contributed by atoms with Gasteiger partial charge < -0.3 is 15.0 Å². The third kappa shape index (κ3) is 3.94. The molecule has 0 bridgehead atoms. The molecule has 0 aromatic heterocycles. The van der Waals surface area contributed by atoms with Crippen LogP contribution in [0, 0.1) is 5.92 Å². The minimum atomic E-state index is 0.497. The van der Waals surface area contributed by atoms with E-state index >= 15 is 0 Å². The summed E-state index contributed by atoms with van der Waals surface area (Å²) in [4.78, 5) is 2.56. The Kier molecular flexibility index (Phi) is 5.26. The largest absolute Gasteiger partial charge is 0.381 e. The maximum absolute atomic E-state index is 5.48. The molecule has 0 amide bonds. The molecular formula is C14H28N2O. The zero-order valence-electron chi connectivity index (χ0n) is 11.5. The Bertz CT molecular complexity index is 222. The van der Waals surface area contributed by atoms with Gasteiger partial charge in [0.25, 0.3) is 0 Å². The van der Waals surface area contributed by atoms with Gasteiger partial charge in [-0.05, 0) is 57.7 Å². The van der Waals surface area contributed by atoms with Crippen molar-refractivity contribution >= 4 is 0 Å². The summed E-state index contributed by atoms with van der Waals surface area (Å²) in [6.07, 6.45) is 6.99. The average Bonchev–Trinajstić information content (AvgIpc) is 2.84. The maximum Gasteiger partial charge on any atom is 0.0586 e. The van der Waals surface area contributed by atoms with Gasteiger partial charge in [0.05, 0.1) is 6.10 Å².